The molecular formula is C13H18N4O4. The fraction of sp³-hybridized carbons (Fsp3) is 0.538. The minimum Gasteiger partial charge on any atom is -0.354 e. The van der Waals surface area contributed by atoms with Gasteiger partial charge in [-0.2, -0.15) is 0 Å². The van der Waals surface area contributed by atoms with Gasteiger partial charge >= 0.3 is 5.69 Å². The van der Waals surface area contributed by atoms with E-state index in [1.54, 1.807) is 11.8 Å². The van der Waals surface area contributed by atoms with Crippen LogP contribution in [0.15, 0.2) is 9.59 Å². The summed E-state index contributed by atoms with van der Waals surface area (Å²) in [5, 5.41) is 2.70. The van der Waals surface area contributed by atoms with Crippen LogP contribution in [0.4, 0.5) is 0 Å². The number of hydrogen-bond acceptors (Lipinski definition) is 4. The van der Waals surface area contributed by atoms with Gasteiger partial charge in [0.1, 0.15) is 0 Å². The van der Waals surface area contributed by atoms with Crippen molar-refractivity contribution in [2.45, 2.75) is 26.2 Å². The fourth-order valence-electron chi connectivity index (χ4n) is 2.33. The zero-order valence-corrected chi connectivity index (χ0v) is 11.8. The molecule has 0 saturated carbocycles. The Bertz CT molecular complexity index is 661. The Kier molecular flexibility index (Phi) is 4.56. The molecule has 1 aromatic rings. The molecule has 1 aliphatic heterocycles. The van der Waals surface area contributed by atoms with Crippen molar-refractivity contribution in [2.24, 2.45) is 0 Å². The summed E-state index contributed by atoms with van der Waals surface area (Å²) in [5.74, 6) is -0.158. The number of nitrogens with one attached hydrogen (secondary N) is 3. The van der Waals surface area contributed by atoms with Crippen LogP contribution >= 0.6 is 0 Å². The van der Waals surface area contributed by atoms with Crippen molar-refractivity contribution in [3.05, 3.63) is 32.1 Å². The summed E-state index contributed by atoms with van der Waals surface area (Å²) < 4.78 is 0. The topological polar surface area (TPSA) is 115 Å². The van der Waals surface area contributed by atoms with E-state index in [1.807, 2.05) is 0 Å². The number of aromatic nitrogens is 2. The zero-order valence-electron chi connectivity index (χ0n) is 11.8. The molecular weight excluding hydrogens is 276 g/mol. The van der Waals surface area contributed by atoms with Gasteiger partial charge < -0.3 is 15.2 Å². The Labute approximate surface area is 120 Å². The van der Waals surface area contributed by atoms with Gasteiger partial charge in [0.25, 0.3) is 5.56 Å². The second kappa shape index (κ2) is 6.38. The molecule has 8 heteroatoms. The molecule has 8 nitrogen and oxygen atoms in total. The highest BCUT2D eigenvalue weighted by Gasteiger charge is 2.19. The van der Waals surface area contributed by atoms with Gasteiger partial charge in [-0.3, -0.25) is 19.4 Å². The molecule has 0 aliphatic carbocycles. The summed E-state index contributed by atoms with van der Waals surface area (Å²) in [6, 6.07) is 0. The number of hydrogen-bond donors (Lipinski definition) is 3. The lowest BCUT2D eigenvalue weighted by Gasteiger charge is -2.19. The summed E-state index contributed by atoms with van der Waals surface area (Å²) in [5.41, 5.74) is -0.127. The molecule has 0 unspecified atom stereocenters. The number of carbonyl (C=O) groups excluding carboxylic acids is 2. The zero-order chi connectivity index (χ0) is 15.4. The van der Waals surface area contributed by atoms with Crippen LogP contribution in [0.5, 0.6) is 0 Å². The lowest BCUT2D eigenvalue weighted by Crippen LogP contribution is -2.35. The number of amides is 2. The Morgan fingerprint density at radius 1 is 1.19 bits per heavy atom. The maximum atomic E-state index is 12.1. The molecule has 2 heterocycles. The highest BCUT2D eigenvalue weighted by atomic mass is 16.2. The first-order chi connectivity index (χ1) is 9.97. The first-order valence-corrected chi connectivity index (χ1v) is 6.84. The van der Waals surface area contributed by atoms with Crippen molar-refractivity contribution in [1.29, 1.82) is 0 Å². The van der Waals surface area contributed by atoms with E-state index < -0.39 is 11.2 Å². The molecule has 3 N–H and O–H groups in total. The number of aryl methyl sites for hydroxylation is 1. The fourth-order valence-corrected chi connectivity index (χ4v) is 2.33. The lowest BCUT2D eigenvalue weighted by molar-refractivity contribution is -0.131. The summed E-state index contributed by atoms with van der Waals surface area (Å²) in [4.78, 5) is 52.4. The smallest absolute Gasteiger partial charge is 0.325 e. The van der Waals surface area contributed by atoms with Crippen LogP contribution in [0.25, 0.3) is 0 Å². The van der Waals surface area contributed by atoms with E-state index in [0.29, 0.717) is 37.3 Å². The molecule has 1 fully saturated rings. The van der Waals surface area contributed by atoms with Crippen LogP contribution in [-0.4, -0.2) is 46.3 Å². The number of aromatic amines is 2. The van der Waals surface area contributed by atoms with E-state index in [2.05, 4.69) is 15.3 Å². The van der Waals surface area contributed by atoms with Gasteiger partial charge in [0, 0.05) is 43.7 Å². The predicted octanol–water partition coefficient (Wildman–Crippen LogP) is -1.35. The van der Waals surface area contributed by atoms with Gasteiger partial charge in [-0.15, -0.1) is 0 Å². The largest absolute Gasteiger partial charge is 0.354 e. The minimum absolute atomic E-state index is 0.0572. The molecule has 0 aromatic carbocycles. The summed E-state index contributed by atoms with van der Waals surface area (Å²) >= 11 is 0. The Balaban J connectivity index is 2.00. The minimum atomic E-state index is -0.551. The van der Waals surface area contributed by atoms with E-state index in [-0.39, 0.29) is 24.7 Å². The molecule has 1 aromatic heterocycles. The lowest BCUT2D eigenvalue weighted by atomic mass is 10.1. The molecule has 114 valence electrons. The maximum Gasteiger partial charge on any atom is 0.325 e. The number of H-pyrrole nitrogens is 2. The van der Waals surface area contributed by atoms with Crippen molar-refractivity contribution in [1.82, 2.24) is 20.2 Å². The second-order valence-corrected chi connectivity index (χ2v) is 4.99. The van der Waals surface area contributed by atoms with E-state index in [0.717, 1.165) is 0 Å². The first kappa shape index (κ1) is 15.0. The normalized spacial score (nSPS) is 15.5. The van der Waals surface area contributed by atoms with E-state index in [9.17, 15) is 19.2 Å². The summed E-state index contributed by atoms with van der Waals surface area (Å²) in [6.45, 7) is 2.95. The number of rotatable bonds is 3. The van der Waals surface area contributed by atoms with Gasteiger partial charge in [-0.05, 0) is 13.3 Å². The quantitative estimate of drug-likeness (QED) is 0.639. The van der Waals surface area contributed by atoms with Crippen LogP contribution < -0.4 is 16.6 Å². The average Bonchev–Trinajstić information content (AvgIpc) is 2.62. The molecule has 2 amide bonds. The first-order valence-electron chi connectivity index (χ1n) is 6.84. The van der Waals surface area contributed by atoms with Crippen molar-refractivity contribution in [3.63, 3.8) is 0 Å². The van der Waals surface area contributed by atoms with Crippen LogP contribution in [-0.2, 0) is 16.0 Å². The Morgan fingerprint density at radius 3 is 2.67 bits per heavy atom. The number of nitrogens with zero attached hydrogens (tertiary/aromatic N) is 1. The standard InChI is InChI=1S/C13H18N4O4/c1-8-9(12(20)16-13(21)15-8)2-3-11(19)17-6-4-10(18)14-5-7-17/h2-7H2,1H3,(H,14,18)(H2,15,16,20,21). The third-order valence-electron chi connectivity index (χ3n) is 3.51. The molecule has 21 heavy (non-hydrogen) atoms. The SMILES string of the molecule is Cc1[nH]c(=O)[nH]c(=O)c1CCC(=O)N1CCNC(=O)CC1. The molecule has 0 radical (unpaired) electrons. The van der Waals surface area contributed by atoms with Gasteiger partial charge in [0.15, 0.2) is 0 Å². The molecule has 0 bridgehead atoms. The Hall–Kier alpha value is -2.38. The third-order valence-corrected chi connectivity index (χ3v) is 3.51. The summed E-state index contributed by atoms with van der Waals surface area (Å²) in [6.07, 6.45) is 0.725. The summed E-state index contributed by atoms with van der Waals surface area (Å²) in [7, 11) is 0. The van der Waals surface area contributed by atoms with Gasteiger partial charge in [-0.1, -0.05) is 0 Å². The van der Waals surface area contributed by atoms with Crippen LogP contribution in [0.2, 0.25) is 0 Å². The van der Waals surface area contributed by atoms with Crippen molar-refractivity contribution in [2.75, 3.05) is 19.6 Å². The molecule has 1 aliphatic rings. The number of carbonyl (C=O) groups is 2. The monoisotopic (exact) mass is 294 g/mol. The van der Waals surface area contributed by atoms with Gasteiger partial charge in [0.2, 0.25) is 11.8 Å². The second-order valence-electron chi connectivity index (χ2n) is 4.99. The van der Waals surface area contributed by atoms with Crippen molar-refractivity contribution in [3.8, 4) is 0 Å². The van der Waals surface area contributed by atoms with Crippen molar-refractivity contribution >= 4 is 11.8 Å². The third kappa shape index (κ3) is 3.80. The van der Waals surface area contributed by atoms with Gasteiger partial charge in [-0.25, -0.2) is 4.79 Å². The van der Waals surface area contributed by atoms with Crippen LogP contribution in [0.3, 0.4) is 0 Å². The van der Waals surface area contributed by atoms with Gasteiger partial charge in [0.05, 0.1) is 0 Å². The molecule has 0 spiro atoms. The van der Waals surface area contributed by atoms with Crippen LogP contribution in [0.1, 0.15) is 24.1 Å². The maximum absolute atomic E-state index is 12.1. The molecule has 2 rings (SSSR count). The van der Waals surface area contributed by atoms with E-state index >= 15 is 0 Å². The highest BCUT2D eigenvalue weighted by Crippen LogP contribution is 2.05. The van der Waals surface area contributed by atoms with Crippen molar-refractivity contribution < 1.29 is 9.59 Å². The molecule has 1 saturated heterocycles. The predicted molar refractivity (Wildman–Crippen MR) is 74.9 cm³/mol. The molecule has 0 atom stereocenters. The average molecular weight is 294 g/mol. The van der Waals surface area contributed by atoms with E-state index in [4.69, 9.17) is 0 Å². The van der Waals surface area contributed by atoms with Crippen LogP contribution in [0, 0.1) is 6.92 Å². The Morgan fingerprint density at radius 2 is 1.95 bits per heavy atom. The highest BCUT2D eigenvalue weighted by molar-refractivity contribution is 5.80. The van der Waals surface area contributed by atoms with E-state index in [1.165, 1.54) is 0 Å².